The third-order valence-electron chi connectivity index (χ3n) is 7.34. The Hall–Kier alpha value is -3.62. The van der Waals surface area contributed by atoms with Crippen molar-refractivity contribution in [3.05, 3.63) is 53.9 Å². The average Bonchev–Trinajstić information content (AvgIpc) is 3.65. The number of allylic oxidation sites excluding steroid dienone is 1. The molecule has 36 heavy (non-hydrogen) atoms. The molecule has 0 aromatic carbocycles. The van der Waals surface area contributed by atoms with Gasteiger partial charge in [-0.2, -0.15) is 5.10 Å². The molecule has 190 valence electrons. The minimum Gasteiger partial charge on any atom is -0.467 e. The number of hydrogen-bond donors (Lipinski definition) is 1. The maximum absolute atomic E-state index is 13.7. The molecule has 1 N–H and O–H groups in total. The number of furan rings is 2. The summed E-state index contributed by atoms with van der Waals surface area (Å²) in [4.78, 5) is 40.9. The number of imide groups is 1. The molecule has 0 spiro atoms. The van der Waals surface area contributed by atoms with Gasteiger partial charge in [0, 0.05) is 5.92 Å². The Morgan fingerprint density at radius 3 is 2.58 bits per heavy atom. The quantitative estimate of drug-likeness (QED) is 0.528. The number of fused-ring (bicyclic) bond motifs is 1. The Kier molecular flexibility index (Phi) is 6.55. The first-order chi connectivity index (χ1) is 17.5. The predicted molar refractivity (Wildman–Crippen MR) is 133 cm³/mol. The zero-order chi connectivity index (χ0) is 25.3. The van der Waals surface area contributed by atoms with E-state index in [0.717, 1.165) is 54.0 Å². The minimum absolute atomic E-state index is 0.0440. The number of hydrogen-bond acceptors (Lipinski definition) is 6. The van der Waals surface area contributed by atoms with Crippen molar-refractivity contribution in [2.75, 3.05) is 6.54 Å². The van der Waals surface area contributed by atoms with Crippen molar-refractivity contribution in [1.29, 1.82) is 0 Å². The Labute approximate surface area is 210 Å². The summed E-state index contributed by atoms with van der Waals surface area (Å²) in [6.45, 7) is 3.60. The van der Waals surface area contributed by atoms with Crippen LogP contribution >= 0.6 is 0 Å². The van der Waals surface area contributed by atoms with Crippen LogP contribution < -0.4 is 5.32 Å². The molecule has 1 aliphatic carbocycles. The molecule has 9 heteroatoms. The first-order valence-corrected chi connectivity index (χ1v) is 12.8. The Bertz CT molecular complexity index is 1170. The van der Waals surface area contributed by atoms with Gasteiger partial charge in [0.15, 0.2) is 0 Å². The van der Waals surface area contributed by atoms with Crippen molar-refractivity contribution >= 4 is 29.6 Å². The van der Waals surface area contributed by atoms with Gasteiger partial charge in [-0.3, -0.25) is 14.5 Å². The van der Waals surface area contributed by atoms with Gasteiger partial charge in [-0.15, -0.1) is 0 Å². The maximum atomic E-state index is 13.7. The van der Waals surface area contributed by atoms with Gasteiger partial charge in [-0.1, -0.05) is 26.7 Å². The Balaban J connectivity index is 1.44. The highest BCUT2D eigenvalue weighted by atomic mass is 16.3. The Morgan fingerprint density at radius 1 is 1.17 bits per heavy atom. The van der Waals surface area contributed by atoms with E-state index in [0.29, 0.717) is 18.6 Å². The molecule has 1 saturated carbocycles. The first kappa shape index (κ1) is 24.1. The molecule has 2 atom stereocenters. The molecular weight excluding hydrogens is 460 g/mol. The Morgan fingerprint density at radius 2 is 1.92 bits per heavy atom. The molecule has 5 rings (SSSR count). The maximum Gasteiger partial charge on any atom is 0.325 e. The van der Waals surface area contributed by atoms with Gasteiger partial charge in [-0.25, -0.2) is 9.80 Å². The first-order valence-electron chi connectivity index (χ1n) is 12.8. The van der Waals surface area contributed by atoms with Crippen LogP contribution in [0.5, 0.6) is 0 Å². The van der Waals surface area contributed by atoms with Gasteiger partial charge in [0.25, 0.3) is 11.8 Å². The number of nitrogens with zero attached hydrogens (tertiary/aromatic N) is 3. The van der Waals surface area contributed by atoms with Crippen LogP contribution in [0.25, 0.3) is 6.08 Å². The molecule has 3 aliphatic rings. The van der Waals surface area contributed by atoms with Crippen LogP contribution in [-0.2, 0) is 9.59 Å². The van der Waals surface area contributed by atoms with Crippen LogP contribution in [0.3, 0.4) is 0 Å². The molecule has 0 radical (unpaired) electrons. The molecule has 2 aliphatic heterocycles. The van der Waals surface area contributed by atoms with E-state index < -0.39 is 23.5 Å². The van der Waals surface area contributed by atoms with E-state index in [1.54, 1.807) is 18.6 Å². The van der Waals surface area contributed by atoms with Crippen LogP contribution in [0.4, 0.5) is 4.79 Å². The molecule has 2 unspecified atom stereocenters. The van der Waals surface area contributed by atoms with Crippen LogP contribution in [0.2, 0.25) is 0 Å². The summed E-state index contributed by atoms with van der Waals surface area (Å²) in [5.74, 6) is 0.576. The van der Waals surface area contributed by atoms with Gasteiger partial charge in [0.2, 0.25) is 0 Å². The van der Waals surface area contributed by atoms with Crippen LogP contribution in [0, 0.1) is 5.92 Å². The van der Waals surface area contributed by atoms with E-state index in [1.807, 2.05) is 38.1 Å². The van der Waals surface area contributed by atoms with Crippen molar-refractivity contribution in [1.82, 2.24) is 15.2 Å². The summed E-state index contributed by atoms with van der Waals surface area (Å²) >= 11 is 0. The smallest absolute Gasteiger partial charge is 0.325 e. The van der Waals surface area contributed by atoms with Crippen molar-refractivity contribution in [2.45, 2.75) is 70.4 Å². The van der Waals surface area contributed by atoms with E-state index in [-0.39, 0.29) is 18.4 Å². The lowest BCUT2D eigenvalue weighted by molar-refractivity contribution is -0.140. The average molecular weight is 493 g/mol. The fraction of sp³-hybridized carbons (Fsp3) is 0.481. The molecule has 0 bridgehead atoms. The number of amides is 4. The van der Waals surface area contributed by atoms with E-state index >= 15 is 0 Å². The fourth-order valence-electron chi connectivity index (χ4n) is 5.84. The zero-order valence-corrected chi connectivity index (χ0v) is 20.7. The molecule has 2 aromatic rings. The lowest BCUT2D eigenvalue weighted by Gasteiger charge is -2.28. The summed E-state index contributed by atoms with van der Waals surface area (Å²) in [7, 11) is 0. The zero-order valence-electron chi connectivity index (χ0n) is 20.7. The molecule has 2 fully saturated rings. The van der Waals surface area contributed by atoms with E-state index in [1.165, 1.54) is 5.01 Å². The predicted octanol–water partition coefficient (Wildman–Crippen LogP) is 4.89. The van der Waals surface area contributed by atoms with Crippen molar-refractivity contribution < 1.29 is 23.2 Å². The molecule has 2 aromatic heterocycles. The van der Waals surface area contributed by atoms with Crippen molar-refractivity contribution in [2.24, 2.45) is 11.0 Å². The third-order valence-corrected chi connectivity index (χ3v) is 7.34. The second-order valence-corrected chi connectivity index (χ2v) is 9.77. The van der Waals surface area contributed by atoms with Crippen LogP contribution in [0.1, 0.15) is 76.4 Å². The second-order valence-electron chi connectivity index (χ2n) is 9.77. The number of nitrogens with one attached hydrogen (secondary N) is 1. The molecule has 4 heterocycles. The van der Waals surface area contributed by atoms with Crippen LogP contribution in [0.15, 0.2) is 56.3 Å². The van der Waals surface area contributed by atoms with Crippen LogP contribution in [-0.4, -0.2) is 45.5 Å². The molecule has 1 saturated heterocycles. The summed E-state index contributed by atoms with van der Waals surface area (Å²) in [6, 6.07) is 6.40. The summed E-state index contributed by atoms with van der Waals surface area (Å²) in [6.07, 6.45) is 10.4. The summed E-state index contributed by atoms with van der Waals surface area (Å²) in [5.41, 5.74) is 0.911. The van der Waals surface area contributed by atoms with E-state index in [4.69, 9.17) is 13.9 Å². The largest absolute Gasteiger partial charge is 0.467 e. The van der Waals surface area contributed by atoms with Gasteiger partial charge < -0.3 is 14.2 Å². The minimum atomic E-state index is -0.939. The number of rotatable bonds is 8. The third kappa shape index (κ3) is 4.16. The van der Waals surface area contributed by atoms with Crippen molar-refractivity contribution in [3.8, 4) is 0 Å². The number of carbonyl (C=O) groups is 3. The van der Waals surface area contributed by atoms with Gasteiger partial charge in [-0.05, 0) is 68.0 Å². The van der Waals surface area contributed by atoms with Crippen molar-refractivity contribution in [3.63, 3.8) is 0 Å². The van der Waals surface area contributed by atoms with Gasteiger partial charge in [0.1, 0.15) is 29.6 Å². The fourth-order valence-corrected chi connectivity index (χ4v) is 5.84. The normalized spacial score (nSPS) is 24.3. The lowest BCUT2D eigenvalue weighted by Crippen LogP contribution is -2.47. The van der Waals surface area contributed by atoms with E-state index in [9.17, 15) is 14.4 Å². The van der Waals surface area contributed by atoms with Gasteiger partial charge in [0.05, 0.1) is 18.2 Å². The molecule has 9 nitrogen and oxygen atoms in total. The molecular formula is C27H32N4O5. The number of hydrazone groups is 1. The summed E-state index contributed by atoms with van der Waals surface area (Å²) < 4.78 is 11.2. The highest BCUT2D eigenvalue weighted by Crippen LogP contribution is 2.44. The van der Waals surface area contributed by atoms with Gasteiger partial charge >= 0.3 is 6.03 Å². The second kappa shape index (κ2) is 9.79. The van der Waals surface area contributed by atoms with E-state index in [2.05, 4.69) is 5.32 Å². The highest BCUT2D eigenvalue weighted by Gasteiger charge is 2.52. The summed E-state index contributed by atoms with van der Waals surface area (Å²) in [5, 5.41) is 9.07. The SMILES string of the molecule is CCCC1(CCC)NC(=O)N(CC(=O)N2N=C3/C(=C/c4ccco4)CCCC3C2c2ccco2)C1=O. The highest BCUT2D eigenvalue weighted by molar-refractivity contribution is 6.10. The lowest BCUT2D eigenvalue weighted by atomic mass is 9.79. The number of carbonyl (C=O) groups excluding carboxylic acids is 3. The monoisotopic (exact) mass is 492 g/mol. The standard InChI is InChI=1S/C27H32N4O5/c1-3-12-27(13-4-2)25(33)30(26(34)28-27)17-22(32)31-24(21-11-7-15-36-21)20-10-5-8-18(23(20)29-31)16-19-9-6-14-35-19/h6-7,9,11,14-16,20,24H,3-5,8,10,12-13,17H2,1-2H3,(H,28,34)/b18-16+. The topological polar surface area (TPSA) is 108 Å². The molecule has 4 amide bonds. The number of urea groups is 1.